The van der Waals surface area contributed by atoms with Crippen LogP contribution in [-0.4, -0.2) is 19.2 Å². The number of rotatable bonds is 5. The molecule has 3 rings (SSSR count). The monoisotopic (exact) mass is 315 g/mol. The SMILES string of the molecule is CC(C(=O)NCCc1ccc2c(c1)OCO2)c1ccc(F)cc1. The molecule has 1 atom stereocenters. The van der Waals surface area contributed by atoms with Crippen LogP contribution in [0.15, 0.2) is 42.5 Å². The van der Waals surface area contributed by atoms with Gasteiger partial charge in [0.15, 0.2) is 11.5 Å². The maximum atomic E-state index is 12.9. The standard InChI is InChI=1S/C18H18FNO3/c1-12(14-3-5-15(19)6-4-14)18(21)20-9-8-13-2-7-16-17(10-13)23-11-22-16/h2-7,10,12H,8-9,11H2,1H3,(H,20,21). The number of carbonyl (C=O) groups is 1. The third-order valence-corrected chi connectivity index (χ3v) is 3.91. The zero-order valence-electron chi connectivity index (χ0n) is 12.8. The van der Waals surface area contributed by atoms with Gasteiger partial charge in [0.1, 0.15) is 5.82 Å². The van der Waals surface area contributed by atoms with Crippen molar-refractivity contribution in [3.05, 3.63) is 59.4 Å². The molecule has 1 aliphatic rings. The van der Waals surface area contributed by atoms with Gasteiger partial charge in [0, 0.05) is 6.54 Å². The van der Waals surface area contributed by atoms with E-state index in [9.17, 15) is 9.18 Å². The van der Waals surface area contributed by atoms with E-state index in [0.717, 1.165) is 22.6 Å². The third-order valence-electron chi connectivity index (χ3n) is 3.91. The Labute approximate surface area is 134 Å². The van der Waals surface area contributed by atoms with E-state index in [4.69, 9.17) is 9.47 Å². The molecule has 1 heterocycles. The first-order chi connectivity index (χ1) is 11.1. The van der Waals surface area contributed by atoms with Crippen molar-refractivity contribution in [1.82, 2.24) is 5.32 Å². The first-order valence-corrected chi connectivity index (χ1v) is 7.55. The first-order valence-electron chi connectivity index (χ1n) is 7.55. The Morgan fingerprint density at radius 1 is 1.17 bits per heavy atom. The molecule has 2 aromatic rings. The topological polar surface area (TPSA) is 47.6 Å². The highest BCUT2D eigenvalue weighted by Gasteiger charge is 2.16. The summed E-state index contributed by atoms with van der Waals surface area (Å²) in [6.45, 7) is 2.60. The van der Waals surface area contributed by atoms with Crippen molar-refractivity contribution in [2.24, 2.45) is 0 Å². The van der Waals surface area contributed by atoms with Crippen LogP contribution in [0.3, 0.4) is 0 Å². The molecule has 1 N–H and O–H groups in total. The van der Waals surface area contributed by atoms with Crippen molar-refractivity contribution in [1.29, 1.82) is 0 Å². The minimum absolute atomic E-state index is 0.0719. The highest BCUT2D eigenvalue weighted by molar-refractivity contribution is 5.83. The molecule has 0 fully saturated rings. The summed E-state index contributed by atoms with van der Waals surface area (Å²) in [4.78, 5) is 12.2. The van der Waals surface area contributed by atoms with E-state index in [-0.39, 0.29) is 24.4 Å². The van der Waals surface area contributed by atoms with Crippen LogP contribution in [0.5, 0.6) is 11.5 Å². The highest BCUT2D eigenvalue weighted by atomic mass is 19.1. The summed E-state index contributed by atoms with van der Waals surface area (Å²) >= 11 is 0. The lowest BCUT2D eigenvalue weighted by atomic mass is 10.0. The third kappa shape index (κ3) is 3.62. The largest absolute Gasteiger partial charge is 0.454 e. The normalized spacial score (nSPS) is 13.7. The number of ether oxygens (including phenoxy) is 2. The van der Waals surface area contributed by atoms with Crippen LogP contribution < -0.4 is 14.8 Å². The van der Waals surface area contributed by atoms with E-state index in [1.807, 2.05) is 25.1 Å². The second-order valence-corrected chi connectivity index (χ2v) is 5.50. The van der Waals surface area contributed by atoms with Gasteiger partial charge >= 0.3 is 0 Å². The molecule has 2 aromatic carbocycles. The minimum atomic E-state index is -0.313. The molecule has 0 saturated carbocycles. The fraction of sp³-hybridized carbons (Fsp3) is 0.278. The summed E-state index contributed by atoms with van der Waals surface area (Å²) in [5, 5.41) is 2.91. The fourth-order valence-corrected chi connectivity index (χ4v) is 2.48. The van der Waals surface area contributed by atoms with E-state index < -0.39 is 0 Å². The van der Waals surface area contributed by atoms with Crippen LogP contribution in [0.25, 0.3) is 0 Å². The van der Waals surface area contributed by atoms with Gasteiger partial charge in [-0.15, -0.1) is 0 Å². The Hall–Kier alpha value is -2.56. The van der Waals surface area contributed by atoms with E-state index in [2.05, 4.69) is 5.32 Å². The molecule has 1 amide bonds. The van der Waals surface area contributed by atoms with Gasteiger partial charge < -0.3 is 14.8 Å². The van der Waals surface area contributed by atoms with Gasteiger partial charge in [0.05, 0.1) is 5.92 Å². The molecule has 1 unspecified atom stereocenters. The number of hydrogen-bond acceptors (Lipinski definition) is 3. The van der Waals surface area contributed by atoms with E-state index in [1.54, 1.807) is 12.1 Å². The lowest BCUT2D eigenvalue weighted by molar-refractivity contribution is -0.122. The van der Waals surface area contributed by atoms with Gasteiger partial charge in [-0.1, -0.05) is 18.2 Å². The molecule has 0 bridgehead atoms. The van der Waals surface area contributed by atoms with Crippen molar-refractivity contribution in [2.45, 2.75) is 19.3 Å². The predicted octanol–water partition coefficient (Wildman–Crippen LogP) is 3.02. The average Bonchev–Trinajstić information content (AvgIpc) is 3.02. The molecule has 0 saturated heterocycles. The Bertz CT molecular complexity index is 700. The summed E-state index contributed by atoms with van der Waals surface area (Å²) in [7, 11) is 0. The number of amides is 1. The second kappa shape index (κ2) is 6.69. The number of fused-ring (bicyclic) bond motifs is 1. The predicted molar refractivity (Wildman–Crippen MR) is 84.1 cm³/mol. The molecule has 23 heavy (non-hydrogen) atoms. The van der Waals surface area contributed by atoms with Crippen molar-refractivity contribution in [3.8, 4) is 11.5 Å². The molecule has 120 valence electrons. The zero-order chi connectivity index (χ0) is 16.2. The van der Waals surface area contributed by atoms with Crippen molar-refractivity contribution < 1.29 is 18.7 Å². The van der Waals surface area contributed by atoms with Crippen molar-refractivity contribution in [2.75, 3.05) is 13.3 Å². The molecule has 0 aromatic heterocycles. The molecule has 0 radical (unpaired) electrons. The lowest BCUT2D eigenvalue weighted by Crippen LogP contribution is -2.29. The van der Waals surface area contributed by atoms with Crippen molar-refractivity contribution in [3.63, 3.8) is 0 Å². The zero-order valence-corrected chi connectivity index (χ0v) is 12.8. The van der Waals surface area contributed by atoms with Crippen LogP contribution in [0, 0.1) is 5.82 Å². The summed E-state index contributed by atoms with van der Waals surface area (Å²) < 4.78 is 23.5. The number of nitrogens with one attached hydrogen (secondary N) is 1. The molecule has 1 aliphatic heterocycles. The van der Waals surface area contributed by atoms with Gasteiger partial charge in [-0.05, 0) is 48.7 Å². The molecular weight excluding hydrogens is 297 g/mol. The van der Waals surface area contributed by atoms with Gasteiger partial charge in [-0.2, -0.15) is 0 Å². The first kappa shape index (κ1) is 15.3. The molecular formula is C18H18FNO3. The molecule has 5 heteroatoms. The van der Waals surface area contributed by atoms with Gasteiger partial charge in [-0.25, -0.2) is 4.39 Å². The minimum Gasteiger partial charge on any atom is -0.454 e. The Morgan fingerprint density at radius 3 is 2.70 bits per heavy atom. The molecule has 4 nitrogen and oxygen atoms in total. The molecule has 0 spiro atoms. The van der Waals surface area contributed by atoms with E-state index >= 15 is 0 Å². The smallest absolute Gasteiger partial charge is 0.231 e. The number of carbonyl (C=O) groups excluding carboxylic acids is 1. The van der Waals surface area contributed by atoms with Gasteiger partial charge in [0.2, 0.25) is 12.7 Å². The summed E-state index contributed by atoms with van der Waals surface area (Å²) in [6.07, 6.45) is 0.707. The van der Waals surface area contributed by atoms with E-state index in [0.29, 0.717) is 13.0 Å². The lowest BCUT2D eigenvalue weighted by Gasteiger charge is -2.12. The van der Waals surface area contributed by atoms with Crippen LogP contribution in [-0.2, 0) is 11.2 Å². The Morgan fingerprint density at radius 2 is 1.91 bits per heavy atom. The van der Waals surface area contributed by atoms with Crippen LogP contribution >= 0.6 is 0 Å². The Kier molecular flexibility index (Phi) is 4.46. The summed E-state index contributed by atoms with van der Waals surface area (Å²) in [5.41, 5.74) is 1.87. The Balaban J connectivity index is 1.52. The summed E-state index contributed by atoms with van der Waals surface area (Å²) in [6, 6.07) is 11.8. The molecule has 0 aliphatic carbocycles. The quantitative estimate of drug-likeness (QED) is 0.922. The van der Waals surface area contributed by atoms with Gasteiger partial charge in [-0.3, -0.25) is 4.79 Å². The maximum Gasteiger partial charge on any atom is 0.231 e. The summed E-state index contributed by atoms with van der Waals surface area (Å²) in [5.74, 6) is 0.810. The second-order valence-electron chi connectivity index (χ2n) is 5.50. The van der Waals surface area contributed by atoms with Crippen molar-refractivity contribution >= 4 is 5.91 Å². The maximum absolute atomic E-state index is 12.9. The number of halogens is 1. The average molecular weight is 315 g/mol. The van der Waals surface area contributed by atoms with Gasteiger partial charge in [0.25, 0.3) is 0 Å². The van der Waals surface area contributed by atoms with Crippen LogP contribution in [0.2, 0.25) is 0 Å². The number of benzene rings is 2. The highest BCUT2D eigenvalue weighted by Crippen LogP contribution is 2.32. The fourth-order valence-electron chi connectivity index (χ4n) is 2.48. The van der Waals surface area contributed by atoms with E-state index in [1.165, 1.54) is 12.1 Å². The van der Waals surface area contributed by atoms with Crippen LogP contribution in [0.4, 0.5) is 4.39 Å². The van der Waals surface area contributed by atoms with Crippen LogP contribution in [0.1, 0.15) is 24.0 Å². The number of hydrogen-bond donors (Lipinski definition) is 1.